The van der Waals surface area contributed by atoms with Gasteiger partial charge in [0, 0.05) is 12.4 Å². The van der Waals surface area contributed by atoms with E-state index in [0.29, 0.717) is 22.3 Å². The number of pyridine rings is 1. The van der Waals surface area contributed by atoms with Crippen LogP contribution in [0, 0.1) is 18.3 Å². The normalized spacial score (nSPS) is 13.0. The summed E-state index contributed by atoms with van der Waals surface area (Å²) in [5, 5.41) is 10.2. The monoisotopic (exact) mass is 414 g/mol. The molecule has 0 spiro atoms. The van der Waals surface area contributed by atoms with Crippen LogP contribution in [-0.4, -0.2) is 20.3 Å². The lowest BCUT2D eigenvalue weighted by Gasteiger charge is -2.08. The number of carbonyl (C=O) groups excluding carboxylic acids is 1. The van der Waals surface area contributed by atoms with Crippen LogP contribution in [0.15, 0.2) is 36.4 Å². The van der Waals surface area contributed by atoms with Crippen molar-refractivity contribution in [2.75, 3.05) is 0 Å². The first-order valence-electron chi connectivity index (χ1n) is 8.55. The van der Waals surface area contributed by atoms with Crippen molar-refractivity contribution >= 4 is 38.4 Å². The summed E-state index contributed by atoms with van der Waals surface area (Å²) >= 11 is 0.865. The molecule has 9 heteroatoms. The van der Waals surface area contributed by atoms with Crippen molar-refractivity contribution in [3.05, 3.63) is 58.4 Å². The molecule has 4 aromatic rings. The van der Waals surface area contributed by atoms with Crippen LogP contribution >= 0.6 is 11.3 Å². The molecule has 0 aliphatic rings. The SMILES string of the molecule is Cc1c(C(=O)C(C#N)c2nc3ccccc3n2C)sc2nc(C(F)(F)F)ccc12. The zero-order chi connectivity index (χ0) is 20.9. The second-order valence-corrected chi connectivity index (χ2v) is 7.55. The van der Waals surface area contributed by atoms with E-state index in [2.05, 4.69) is 9.97 Å². The largest absolute Gasteiger partial charge is 0.433 e. The minimum absolute atomic E-state index is 0.113. The lowest BCUT2D eigenvalue weighted by Crippen LogP contribution is -2.15. The highest BCUT2D eigenvalue weighted by molar-refractivity contribution is 7.20. The van der Waals surface area contributed by atoms with Crippen LogP contribution in [-0.2, 0) is 13.2 Å². The highest BCUT2D eigenvalue weighted by atomic mass is 32.1. The number of fused-ring (bicyclic) bond motifs is 2. The van der Waals surface area contributed by atoms with Gasteiger partial charge in [-0.2, -0.15) is 18.4 Å². The Morgan fingerprint density at radius 1 is 1.21 bits per heavy atom. The molecule has 0 amide bonds. The number of para-hydroxylation sites is 2. The topological polar surface area (TPSA) is 71.6 Å². The van der Waals surface area contributed by atoms with Crippen molar-refractivity contribution < 1.29 is 18.0 Å². The number of alkyl halides is 3. The van der Waals surface area contributed by atoms with Gasteiger partial charge in [0.1, 0.15) is 16.3 Å². The molecule has 3 heterocycles. The third kappa shape index (κ3) is 3.06. The number of hydrogen-bond acceptors (Lipinski definition) is 5. The Labute approximate surface area is 167 Å². The average Bonchev–Trinajstić information content (AvgIpc) is 3.19. The summed E-state index contributed by atoms with van der Waals surface area (Å²) in [4.78, 5) is 21.6. The summed E-state index contributed by atoms with van der Waals surface area (Å²) < 4.78 is 40.5. The van der Waals surface area contributed by atoms with E-state index >= 15 is 0 Å². The van der Waals surface area contributed by atoms with Crippen LogP contribution in [0.25, 0.3) is 21.3 Å². The molecule has 0 aliphatic heterocycles. The maximum atomic E-state index is 13.2. The lowest BCUT2D eigenvalue weighted by molar-refractivity contribution is -0.140. The van der Waals surface area contributed by atoms with E-state index in [9.17, 15) is 23.2 Å². The molecule has 3 aromatic heterocycles. The molecule has 0 radical (unpaired) electrons. The molecule has 4 rings (SSSR count). The quantitative estimate of drug-likeness (QED) is 0.442. The summed E-state index contributed by atoms with van der Waals surface area (Å²) in [6, 6.07) is 11.5. The first-order valence-corrected chi connectivity index (χ1v) is 9.36. The first kappa shape index (κ1) is 19.1. The van der Waals surface area contributed by atoms with Crippen LogP contribution in [0.2, 0.25) is 0 Å². The number of aryl methyl sites for hydroxylation is 2. The molecule has 1 unspecified atom stereocenters. The van der Waals surface area contributed by atoms with Gasteiger partial charge in [0.05, 0.1) is 22.0 Å². The van der Waals surface area contributed by atoms with Crippen LogP contribution in [0.5, 0.6) is 0 Å². The Morgan fingerprint density at radius 3 is 2.59 bits per heavy atom. The fraction of sp³-hybridized carbons (Fsp3) is 0.200. The molecule has 0 fully saturated rings. The summed E-state index contributed by atoms with van der Waals surface area (Å²) in [7, 11) is 1.72. The van der Waals surface area contributed by atoms with Crippen molar-refractivity contribution in [2.24, 2.45) is 7.05 Å². The van der Waals surface area contributed by atoms with E-state index < -0.39 is 23.6 Å². The number of imidazole rings is 1. The average molecular weight is 414 g/mol. The fourth-order valence-electron chi connectivity index (χ4n) is 3.28. The number of Topliss-reactive ketones (excluding diaryl/α,β-unsaturated/α-hetero) is 1. The highest BCUT2D eigenvalue weighted by Crippen LogP contribution is 2.36. The van der Waals surface area contributed by atoms with Crippen molar-refractivity contribution in [1.29, 1.82) is 5.26 Å². The Bertz CT molecular complexity index is 1310. The summed E-state index contributed by atoms with van der Waals surface area (Å²) in [6.45, 7) is 1.64. The second-order valence-electron chi connectivity index (χ2n) is 6.55. The van der Waals surface area contributed by atoms with Crippen LogP contribution in [0.4, 0.5) is 13.2 Å². The van der Waals surface area contributed by atoms with E-state index in [1.165, 1.54) is 6.07 Å². The zero-order valence-corrected chi connectivity index (χ0v) is 16.1. The molecular formula is C20H13F3N4OS. The van der Waals surface area contributed by atoms with Gasteiger partial charge in [-0.3, -0.25) is 4.79 Å². The van der Waals surface area contributed by atoms with E-state index in [0.717, 1.165) is 22.9 Å². The molecule has 0 N–H and O–H groups in total. The maximum Gasteiger partial charge on any atom is 0.433 e. The van der Waals surface area contributed by atoms with Crippen molar-refractivity contribution in [1.82, 2.24) is 14.5 Å². The summed E-state index contributed by atoms with van der Waals surface area (Å²) in [5.41, 5.74) is 0.926. The third-order valence-corrected chi connectivity index (χ3v) is 6.01. The van der Waals surface area contributed by atoms with Gasteiger partial charge >= 0.3 is 6.18 Å². The predicted octanol–water partition coefficient (Wildman–Crippen LogP) is 5.00. The van der Waals surface area contributed by atoms with Crippen molar-refractivity contribution in [3.8, 4) is 6.07 Å². The maximum absolute atomic E-state index is 13.2. The van der Waals surface area contributed by atoms with Crippen LogP contribution in [0.1, 0.15) is 32.7 Å². The van der Waals surface area contributed by atoms with Gasteiger partial charge in [0.15, 0.2) is 11.7 Å². The van der Waals surface area contributed by atoms with Gasteiger partial charge in [0.25, 0.3) is 0 Å². The Balaban J connectivity index is 1.81. The molecule has 0 saturated heterocycles. The Hall–Kier alpha value is -3.25. The van der Waals surface area contributed by atoms with E-state index in [1.807, 2.05) is 24.3 Å². The number of nitrogens with zero attached hydrogens (tertiary/aromatic N) is 4. The zero-order valence-electron chi connectivity index (χ0n) is 15.3. The van der Waals surface area contributed by atoms with E-state index in [4.69, 9.17) is 0 Å². The standard InChI is InChI=1S/C20H13F3N4OS/c1-10-11-7-8-15(20(21,22)23)26-19(11)29-17(10)16(28)12(9-24)18-25-13-5-3-4-6-14(13)27(18)2/h3-8,12H,1-2H3. The molecule has 29 heavy (non-hydrogen) atoms. The van der Waals surface area contributed by atoms with Gasteiger partial charge in [-0.05, 0) is 36.8 Å². The van der Waals surface area contributed by atoms with Gasteiger partial charge < -0.3 is 4.57 Å². The molecule has 0 bridgehead atoms. The number of thiophene rings is 1. The van der Waals surface area contributed by atoms with Crippen molar-refractivity contribution in [3.63, 3.8) is 0 Å². The fourth-order valence-corrected chi connectivity index (χ4v) is 4.43. The number of ketones is 1. The molecule has 5 nitrogen and oxygen atoms in total. The molecule has 0 aliphatic carbocycles. The molecule has 1 atom stereocenters. The Kier molecular flexibility index (Phi) is 4.39. The lowest BCUT2D eigenvalue weighted by atomic mass is 10.0. The first-order chi connectivity index (χ1) is 13.7. The van der Waals surface area contributed by atoms with E-state index in [-0.39, 0.29) is 9.71 Å². The molecule has 146 valence electrons. The summed E-state index contributed by atoms with van der Waals surface area (Å²) in [6.07, 6.45) is -4.57. The van der Waals surface area contributed by atoms with Gasteiger partial charge in [0.2, 0.25) is 0 Å². The molecule has 0 saturated carbocycles. The highest BCUT2D eigenvalue weighted by Gasteiger charge is 2.34. The number of carbonyl (C=O) groups is 1. The number of halogens is 3. The van der Waals surface area contributed by atoms with Gasteiger partial charge in [-0.15, -0.1) is 11.3 Å². The number of nitriles is 1. The Morgan fingerprint density at radius 2 is 1.93 bits per heavy atom. The predicted molar refractivity (Wildman–Crippen MR) is 103 cm³/mol. The third-order valence-electron chi connectivity index (χ3n) is 4.79. The molecular weight excluding hydrogens is 401 g/mol. The number of rotatable bonds is 3. The second kappa shape index (κ2) is 6.67. The van der Waals surface area contributed by atoms with Gasteiger partial charge in [-0.25, -0.2) is 9.97 Å². The summed E-state index contributed by atoms with van der Waals surface area (Å²) in [5.74, 6) is -1.39. The smallest absolute Gasteiger partial charge is 0.330 e. The number of aromatic nitrogens is 3. The number of hydrogen-bond donors (Lipinski definition) is 0. The van der Waals surface area contributed by atoms with Crippen LogP contribution in [0.3, 0.4) is 0 Å². The number of benzene rings is 1. The minimum atomic E-state index is -4.57. The minimum Gasteiger partial charge on any atom is -0.330 e. The van der Waals surface area contributed by atoms with Crippen LogP contribution < -0.4 is 0 Å². The van der Waals surface area contributed by atoms with E-state index in [1.54, 1.807) is 24.6 Å². The van der Waals surface area contributed by atoms with Crippen molar-refractivity contribution in [2.45, 2.75) is 19.0 Å². The van der Waals surface area contributed by atoms with Gasteiger partial charge in [-0.1, -0.05) is 12.1 Å². The molecule has 1 aromatic carbocycles.